The first-order valence-electron chi connectivity index (χ1n) is 5.30. The third-order valence-corrected chi connectivity index (χ3v) is 4.59. The Hall–Kier alpha value is 0.1000. The summed E-state index contributed by atoms with van der Waals surface area (Å²) in [6.45, 7) is 5.07. The van der Waals surface area contributed by atoms with Crippen LogP contribution in [0.4, 0.5) is 0 Å². The zero-order valence-corrected chi connectivity index (χ0v) is 11.2. The molecule has 1 aliphatic heterocycles. The van der Waals surface area contributed by atoms with E-state index in [0.29, 0.717) is 12.0 Å². The van der Waals surface area contributed by atoms with E-state index in [-0.39, 0.29) is 0 Å². The van der Waals surface area contributed by atoms with Gasteiger partial charge in [-0.15, -0.1) is 11.3 Å². The molecule has 0 spiro atoms. The van der Waals surface area contributed by atoms with Crippen LogP contribution in [0.25, 0.3) is 0 Å². The van der Waals surface area contributed by atoms with Gasteiger partial charge in [-0.2, -0.15) is 0 Å². The Morgan fingerprint density at radius 2 is 2.60 bits per heavy atom. The molecule has 0 aromatic carbocycles. The number of hydrogen-bond donors (Lipinski definition) is 1. The molecule has 2 heterocycles. The maximum atomic E-state index is 5.39. The number of nitrogens with one attached hydrogen (secondary N) is 1. The van der Waals surface area contributed by atoms with Gasteiger partial charge in [0.2, 0.25) is 0 Å². The first kappa shape index (κ1) is 11.6. The molecule has 0 amide bonds. The summed E-state index contributed by atoms with van der Waals surface area (Å²) in [5.41, 5.74) is 0. The minimum atomic E-state index is 0.549. The van der Waals surface area contributed by atoms with Crippen molar-refractivity contribution >= 4 is 27.3 Å². The van der Waals surface area contributed by atoms with Crippen molar-refractivity contribution in [2.75, 3.05) is 13.2 Å². The molecule has 2 unspecified atom stereocenters. The monoisotopic (exact) mass is 289 g/mol. The van der Waals surface area contributed by atoms with E-state index in [9.17, 15) is 0 Å². The Balaban J connectivity index is 1.77. The van der Waals surface area contributed by atoms with Crippen LogP contribution >= 0.6 is 27.3 Å². The average Bonchev–Trinajstić information content (AvgIpc) is 2.84. The summed E-state index contributed by atoms with van der Waals surface area (Å²) in [7, 11) is 0. The lowest BCUT2D eigenvalue weighted by Crippen LogP contribution is -2.33. The van der Waals surface area contributed by atoms with Gasteiger partial charge in [-0.25, -0.2) is 0 Å². The molecular weight excluding hydrogens is 274 g/mol. The van der Waals surface area contributed by atoms with Gasteiger partial charge >= 0.3 is 0 Å². The van der Waals surface area contributed by atoms with Crippen LogP contribution in [0.5, 0.6) is 0 Å². The molecule has 2 atom stereocenters. The average molecular weight is 290 g/mol. The van der Waals surface area contributed by atoms with Crippen LogP contribution in [0, 0.1) is 5.92 Å². The zero-order valence-electron chi connectivity index (χ0n) is 8.83. The van der Waals surface area contributed by atoms with Gasteiger partial charge in [0.15, 0.2) is 0 Å². The Kier molecular flexibility index (Phi) is 4.20. The van der Waals surface area contributed by atoms with Crippen LogP contribution in [-0.2, 0) is 11.3 Å². The molecule has 4 heteroatoms. The number of rotatable bonds is 4. The van der Waals surface area contributed by atoms with Gasteiger partial charge in [-0.3, -0.25) is 0 Å². The lowest BCUT2D eigenvalue weighted by Gasteiger charge is -2.18. The maximum Gasteiger partial charge on any atom is 0.0509 e. The molecule has 1 aromatic heterocycles. The highest BCUT2D eigenvalue weighted by Crippen LogP contribution is 2.21. The summed E-state index contributed by atoms with van der Waals surface area (Å²) in [6, 6.07) is 2.73. The van der Waals surface area contributed by atoms with Gasteiger partial charge in [0, 0.05) is 33.9 Å². The van der Waals surface area contributed by atoms with Gasteiger partial charge in [0.25, 0.3) is 0 Å². The number of hydrogen-bond acceptors (Lipinski definition) is 3. The largest absolute Gasteiger partial charge is 0.381 e. The molecule has 0 aliphatic carbocycles. The van der Waals surface area contributed by atoms with Crippen molar-refractivity contribution in [2.45, 2.75) is 25.9 Å². The summed E-state index contributed by atoms with van der Waals surface area (Å²) < 4.78 is 6.57. The molecule has 1 aromatic rings. The first-order chi connectivity index (χ1) is 7.25. The highest BCUT2D eigenvalue weighted by atomic mass is 79.9. The molecule has 0 radical (unpaired) electrons. The third-order valence-electron chi connectivity index (χ3n) is 2.89. The second kappa shape index (κ2) is 5.43. The van der Waals surface area contributed by atoms with Crippen molar-refractivity contribution in [3.63, 3.8) is 0 Å². The predicted molar refractivity (Wildman–Crippen MR) is 67.2 cm³/mol. The van der Waals surface area contributed by atoms with Crippen molar-refractivity contribution in [1.29, 1.82) is 0 Å². The van der Waals surface area contributed by atoms with Crippen LogP contribution in [0.1, 0.15) is 18.2 Å². The molecule has 1 saturated heterocycles. The van der Waals surface area contributed by atoms with E-state index in [1.165, 1.54) is 15.8 Å². The Morgan fingerprint density at radius 1 is 1.73 bits per heavy atom. The highest BCUT2D eigenvalue weighted by molar-refractivity contribution is 9.10. The fourth-order valence-corrected chi connectivity index (χ4v) is 3.22. The summed E-state index contributed by atoms with van der Waals surface area (Å²) in [4.78, 5) is 1.38. The summed E-state index contributed by atoms with van der Waals surface area (Å²) in [6.07, 6.45) is 1.20. The fourth-order valence-electron chi connectivity index (χ4n) is 1.82. The van der Waals surface area contributed by atoms with E-state index >= 15 is 0 Å². The van der Waals surface area contributed by atoms with Crippen molar-refractivity contribution in [2.24, 2.45) is 5.92 Å². The van der Waals surface area contributed by atoms with E-state index in [1.807, 2.05) is 0 Å². The molecule has 1 aliphatic rings. The maximum absolute atomic E-state index is 5.39. The van der Waals surface area contributed by atoms with Crippen LogP contribution in [0.2, 0.25) is 0 Å². The van der Waals surface area contributed by atoms with Gasteiger partial charge in [0.1, 0.15) is 0 Å². The van der Waals surface area contributed by atoms with Gasteiger partial charge in [-0.1, -0.05) is 0 Å². The molecule has 1 N–H and O–H groups in total. The summed E-state index contributed by atoms with van der Waals surface area (Å²) >= 11 is 5.26. The fraction of sp³-hybridized carbons (Fsp3) is 0.636. The van der Waals surface area contributed by atoms with Crippen LogP contribution in [0.3, 0.4) is 0 Å². The Bertz CT molecular complexity index is 309. The number of ether oxygens (including phenoxy) is 1. The predicted octanol–water partition coefficient (Wildman–Crippen LogP) is 3.03. The summed E-state index contributed by atoms with van der Waals surface area (Å²) in [5.74, 6) is 0.688. The van der Waals surface area contributed by atoms with Gasteiger partial charge in [0.05, 0.1) is 6.61 Å². The molecular formula is C11H16BrNOS. The van der Waals surface area contributed by atoms with Gasteiger partial charge in [-0.05, 0) is 41.3 Å². The van der Waals surface area contributed by atoms with E-state index < -0.39 is 0 Å². The molecule has 84 valence electrons. The van der Waals surface area contributed by atoms with E-state index in [4.69, 9.17) is 4.74 Å². The minimum absolute atomic E-state index is 0.549. The third kappa shape index (κ3) is 3.28. The van der Waals surface area contributed by atoms with Crippen molar-refractivity contribution in [3.05, 3.63) is 20.8 Å². The molecule has 2 rings (SSSR count). The molecule has 2 nitrogen and oxygen atoms in total. The van der Waals surface area contributed by atoms with Crippen molar-refractivity contribution in [1.82, 2.24) is 5.32 Å². The van der Waals surface area contributed by atoms with Crippen LogP contribution in [0.15, 0.2) is 15.9 Å². The topological polar surface area (TPSA) is 21.3 Å². The van der Waals surface area contributed by atoms with E-state index in [0.717, 1.165) is 19.8 Å². The minimum Gasteiger partial charge on any atom is -0.381 e. The van der Waals surface area contributed by atoms with E-state index in [1.54, 1.807) is 11.3 Å². The lowest BCUT2D eigenvalue weighted by molar-refractivity contribution is 0.178. The second-order valence-corrected chi connectivity index (χ2v) is 5.94. The highest BCUT2D eigenvalue weighted by Gasteiger charge is 2.21. The van der Waals surface area contributed by atoms with Crippen molar-refractivity contribution < 1.29 is 4.74 Å². The Labute approximate surface area is 103 Å². The quantitative estimate of drug-likeness (QED) is 0.920. The van der Waals surface area contributed by atoms with Crippen LogP contribution in [-0.4, -0.2) is 19.3 Å². The smallest absolute Gasteiger partial charge is 0.0509 e. The van der Waals surface area contributed by atoms with Crippen LogP contribution < -0.4 is 5.32 Å². The first-order valence-corrected chi connectivity index (χ1v) is 6.97. The molecule has 0 saturated carbocycles. The molecule has 1 fully saturated rings. The van der Waals surface area contributed by atoms with Crippen molar-refractivity contribution in [3.8, 4) is 0 Å². The number of thiophene rings is 1. The second-order valence-electron chi connectivity index (χ2n) is 4.02. The standard InChI is InChI=1S/C11H16BrNOS/c1-8(9-2-3-14-6-9)13-5-11-4-10(12)7-15-11/h4,7-9,13H,2-3,5-6H2,1H3. The summed E-state index contributed by atoms with van der Waals surface area (Å²) in [5, 5.41) is 5.69. The SMILES string of the molecule is CC(NCc1cc(Br)cs1)C1CCOC1. The molecule has 15 heavy (non-hydrogen) atoms. The normalized spacial score (nSPS) is 23.2. The van der Waals surface area contributed by atoms with E-state index in [2.05, 4.69) is 39.6 Å². The lowest BCUT2D eigenvalue weighted by atomic mass is 10.0. The van der Waals surface area contributed by atoms with Gasteiger partial charge < -0.3 is 10.1 Å². The zero-order chi connectivity index (χ0) is 10.7. The number of halogens is 1. The Morgan fingerprint density at radius 3 is 3.20 bits per heavy atom. The molecule has 0 bridgehead atoms.